The van der Waals surface area contributed by atoms with Gasteiger partial charge in [-0.25, -0.2) is 4.79 Å². The summed E-state index contributed by atoms with van der Waals surface area (Å²) in [4.78, 5) is 27.5. The van der Waals surface area contributed by atoms with E-state index in [1.165, 1.54) is 0 Å². The third-order valence-electron chi connectivity index (χ3n) is 4.19. The molecule has 0 aromatic carbocycles. The number of nitrogens with one attached hydrogen (secondary N) is 1. The number of hydrogen-bond donors (Lipinski definition) is 2. The first-order valence-electron chi connectivity index (χ1n) is 6.88. The number of urea groups is 1. The summed E-state index contributed by atoms with van der Waals surface area (Å²) in [7, 11) is 0. The third-order valence-corrected chi connectivity index (χ3v) is 4.19. The lowest BCUT2D eigenvalue weighted by Crippen LogP contribution is -2.55. The molecule has 3 fully saturated rings. The summed E-state index contributed by atoms with van der Waals surface area (Å²) < 4.78 is 5.65. The van der Waals surface area contributed by atoms with Gasteiger partial charge in [0, 0.05) is 32.7 Å². The van der Waals surface area contributed by atoms with E-state index in [-0.39, 0.29) is 30.2 Å². The standard InChI is InChI=1S/C12H20N4O3/c13-5-9-1-2-10(19-9)11(17)15-3-4-16-8(7-15)6-14-12(16)18/h8-10H,1-7,13H2,(H,14,18). The molecule has 0 aromatic heterocycles. The van der Waals surface area contributed by atoms with Crippen LogP contribution in [-0.4, -0.2) is 72.7 Å². The normalized spacial score (nSPS) is 34.4. The van der Waals surface area contributed by atoms with E-state index in [2.05, 4.69) is 5.32 Å². The summed E-state index contributed by atoms with van der Waals surface area (Å²) in [6.07, 6.45) is 1.29. The van der Waals surface area contributed by atoms with E-state index in [1.807, 2.05) is 9.80 Å². The van der Waals surface area contributed by atoms with Gasteiger partial charge in [0.2, 0.25) is 0 Å². The van der Waals surface area contributed by atoms with E-state index < -0.39 is 0 Å². The van der Waals surface area contributed by atoms with Crippen LogP contribution in [0.2, 0.25) is 0 Å². The Morgan fingerprint density at radius 2 is 2.26 bits per heavy atom. The fraction of sp³-hybridized carbons (Fsp3) is 0.833. The van der Waals surface area contributed by atoms with Crippen molar-refractivity contribution in [3.63, 3.8) is 0 Å². The molecule has 0 spiro atoms. The van der Waals surface area contributed by atoms with Gasteiger partial charge in [-0.15, -0.1) is 0 Å². The molecule has 3 aliphatic rings. The lowest BCUT2D eigenvalue weighted by molar-refractivity contribution is -0.144. The maximum absolute atomic E-state index is 12.4. The number of nitrogens with two attached hydrogens (primary N) is 1. The van der Waals surface area contributed by atoms with Crippen LogP contribution in [0.3, 0.4) is 0 Å². The number of piperazine rings is 1. The Morgan fingerprint density at radius 3 is 3.00 bits per heavy atom. The molecule has 3 saturated heterocycles. The lowest BCUT2D eigenvalue weighted by atomic mass is 10.1. The van der Waals surface area contributed by atoms with Crippen molar-refractivity contribution in [3.8, 4) is 0 Å². The fourth-order valence-corrected chi connectivity index (χ4v) is 3.07. The fourth-order valence-electron chi connectivity index (χ4n) is 3.07. The Kier molecular flexibility index (Phi) is 3.32. The van der Waals surface area contributed by atoms with Gasteiger partial charge in [-0.3, -0.25) is 4.79 Å². The average Bonchev–Trinajstić information content (AvgIpc) is 3.05. The Morgan fingerprint density at radius 1 is 1.42 bits per heavy atom. The van der Waals surface area contributed by atoms with Gasteiger partial charge in [0.15, 0.2) is 0 Å². The zero-order valence-electron chi connectivity index (χ0n) is 10.9. The molecule has 3 rings (SSSR count). The Hall–Kier alpha value is -1.34. The van der Waals surface area contributed by atoms with E-state index in [1.54, 1.807) is 0 Å². The molecule has 3 unspecified atom stereocenters. The molecule has 106 valence electrons. The highest BCUT2D eigenvalue weighted by Gasteiger charge is 2.40. The Labute approximate surface area is 112 Å². The van der Waals surface area contributed by atoms with Gasteiger partial charge in [-0.2, -0.15) is 0 Å². The summed E-state index contributed by atoms with van der Waals surface area (Å²) in [5.74, 6) is 0.0509. The molecular weight excluding hydrogens is 248 g/mol. The topological polar surface area (TPSA) is 87.9 Å². The molecule has 19 heavy (non-hydrogen) atoms. The van der Waals surface area contributed by atoms with Gasteiger partial charge in [-0.1, -0.05) is 0 Å². The van der Waals surface area contributed by atoms with E-state index in [0.717, 1.165) is 12.8 Å². The molecule has 0 aromatic rings. The van der Waals surface area contributed by atoms with Crippen LogP contribution in [0.4, 0.5) is 4.79 Å². The molecule has 7 nitrogen and oxygen atoms in total. The second kappa shape index (κ2) is 4.97. The highest BCUT2D eigenvalue weighted by Crippen LogP contribution is 2.22. The van der Waals surface area contributed by atoms with Crippen molar-refractivity contribution in [2.24, 2.45) is 5.73 Å². The smallest absolute Gasteiger partial charge is 0.317 e. The number of hydrogen-bond acceptors (Lipinski definition) is 4. The Bertz CT molecular complexity index is 389. The van der Waals surface area contributed by atoms with Crippen LogP contribution >= 0.6 is 0 Å². The second-order valence-corrected chi connectivity index (χ2v) is 5.38. The van der Waals surface area contributed by atoms with Crippen LogP contribution in [0.15, 0.2) is 0 Å². The van der Waals surface area contributed by atoms with E-state index in [9.17, 15) is 9.59 Å². The van der Waals surface area contributed by atoms with Crippen molar-refractivity contribution in [2.45, 2.75) is 31.1 Å². The van der Waals surface area contributed by atoms with Crippen molar-refractivity contribution < 1.29 is 14.3 Å². The van der Waals surface area contributed by atoms with Gasteiger partial charge in [0.1, 0.15) is 6.10 Å². The predicted molar refractivity (Wildman–Crippen MR) is 67.4 cm³/mol. The average molecular weight is 268 g/mol. The number of ether oxygens (including phenoxy) is 1. The van der Waals surface area contributed by atoms with Crippen LogP contribution in [0.25, 0.3) is 0 Å². The van der Waals surface area contributed by atoms with E-state index >= 15 is 0 Å². The summed E-state index contributed by atoms with van der Waals surface area (Å²) in [6, 6.07) is 0.0920. The summed E-state index contributed by atoms with van der Waals surface area (Å²) in [5, 5.41) is 2.81. The Balaban J connectivity index is 1.58. The zero-order valence-corrected chi connectivity index (χ0v) is 10.9. The van der Waals surface area contributed by atoms with Gasteiger partial charge >= 0.3 is 6.03 Å². The number of carbonyl (C=O) groups excluding carboxylic acids is 2. The molecule has 0 aliphatic carbocycles. The monoisotopic (exact) mass is 268 g/mol. The number of fused-ring (bicyclic) bond motifs is 1. The van der Waals surface area contributed by atoms with E-state index in [0.29, 0.717) is 32.7 Å². The lowest BCUT2D eigenvalue weighted by Gasteiger charge is -2.37. The van der Waals surface area contributed by atoms with Crippen molar-refractivity contribution in [3.05, 3.63) is 0 Å². The first kappa shape index (κ1) is 12.7. The highest BCUT2D eigenvalue weighted by molar-refractivity contribution is 5.82. The number of amides is 3. The van der Waals surface area contributed by atoms with Crippen LogP contribution < -0.4 is 11.1 Å². The van der Waals surface area contributed by atoms with Crippen molar-refractivity contribution >= 4 is 11.9 Å². The minimum atomic E-state index is -0.342. The molecule has 7 heteroatoms. The molecule has 3 N–H and O–H groups in total. The summed E-state index contributed by atoms with van der Waals surface area (Å²) in [5.41, 5.74) is 5.56. The second-order valence-electron chi connectivity index (χ2n) is 5.38. The van der Waals surface area contributed by atoms with Gasteiger partial charge in [-0.05, 0) is 12.8 Å². The SMILES string of the molecule is NCC1CCC(C(=O)N2CCN3C(=O)NCC3C2)O1. The predicted octanol–water partition coefficient (Wildman–Crippen LogP) is -1.27. The molecule has 0 bridgehead atoms. The first-order chi connectivity index (χ1) is 9.19. The molecule has 0 radical (unpaired) electrons. The molecule has 3 aliphatic heterocycles. The van der Waals surface area contributed by atoms with Gasteiger partial charge in [0.25, 0.3) is 5.91 Å². The summed E-state index contributed by atoms with van der Waals surface area (Å²) in [6.45, 7) is 2.90. The minimum Gasteiger partial charge on any atom is -0.364 e. The summed E-state index contributed by atoms with van der Waals surface area (Å²) >= 11 is 0. The van der Waals surface area contributed by atoms with Crippen molar-refractivity contribution in [2.75, 3.05) is 32.7 Å². The number of rotatable bonds is 2. The zero-order chi connectivity index (χ0) is 13.4. The van der Waals surface area contributed by atoms with Gasteiger partial charge < -0.3 is 25.6 Å². The first-order valence-corrected chi connectivity index (χ1v) is 6.88. The van der Waals surface area contributed by atoms with Gasteiger partial charge in [0.05, 0.1) is 12.1 Å². The van der Waals surface area contributed by atoms with Crippen LogP contribution in [-0.2, 0) is 9.53 Å². The largest absolute Gasteiger partial charge is 0.364 e. The quantitative estimate of drug-likeness (QED) is 0.653. The maximum atomic E-state index is 12.4. The van der Waals surface area contributed by atoms with Crippen LogP contribution in [0, 0.1) is 0 Å². The van der Waals surface area contributed by atoms with Crippen molar-refractivity contribution in [1.29, 1.82) is 0 Å². The van der Waals surface area contributed by atoms with Crippen LogP contribution in [0.1, 0.15) is 12.8 Å². The maximum Gasteiger partial charge on any atom is 0.317 e. The van der Waals surface area contributed by atoms with Crippen LogP contribution in [0.5, 0.6) is 0 Å². The number of nitrogens with zero attached hydrogens (tertiary/aromatic N) is 2. The molecule has 3 atom stereocenters. The molecule has 3 heterocycles. The molecule has 3 amide bonds. The third kappa shape index (κ3) is 2.28. The highest BCUT2D eigenvalue weighted by atomic mass is 16.5. The van der Waals surface area contributed by atoms with Crippen molar-refractivity contribution in [1.82, 2.24) is 15.1 Å². The number of carbonyl (C=O) groups is 2. The van der Waals surface area contributed by atoms with E-state index in [4.69, 9.17) is 10.5 Å². The minimum absolute atomic E-state index is 0.0163. The molecule has 0 saturated carbocycles. The molecular formula is C12H20N4O3.